The molecule has 0 spiro atoms. The second-order valence-electron chi connectivity index (χ2n) is 4.99. The Bertz CT molecular complexity index is 608. The molecular weight excluding hydrogens is 368 g/mol. The van der Waals surface area contributed by atoms with Gasteiger partial charge in [0.2, 0.25) is 0 Å². The lowest BCUT2D eigenvalue weighted by Gasteiger charge is -2.34. The van der Waals surface area contributed by atoms with Gasteiger partial charge in [-0.15, -0.1) is 11.3 Å². The molecular formula is C15H17BrN2O3S. The number of hydrogen-bond donors (Lipinski definition) is 1. The van der Waals surface area contributed by atoms with Gasteiger partial charge in [0.25, 0.3) is 5.91 Å². The molecule has 1 atom stereocenters. The number of amides is 1. The molecule has 1 amide bonds. The molecule has 1 N–H and O–H groups in total. The molecule has 1 fully saturated rings. The molecule has 0 bridgehead atoms. The Morgan fingerprint density at radius 2 is 2.18 bits per heavy atom. The Kier molecular flexibility index (Phi) is 5.30. The Morgan fingerprint density at radius 1 is 1.36 bits per heavy atom. The highest BCUT2D eigenvalue weighted by atomic mass is 79.9. The summed E-state index contributed by atoms with van der Waals surface area (Å²) in [7, 11) is 0. The number of morpholine rings is 1. The van der Waals surface area contributed by atoms with Gasteiger partial charge in [0, 0.05) is 24.5 Å². The highest BCUT2D eigenvalue weighted by Crippen LogP contribution is 2.25. The summed E-state index contributed by atoms with van der Waals surface area (Å²) in [5.41, 5.74) is 0. The van der Waals surface area contributed by atoms with E-state index in [0.29, 0.717) is 17.0 Å². The summed E-state index contributed by atoms with van der Waals surface area (Å²) in [6.45, 7) is 3.79. The maximum Gasteiger partial charge on any atom is 0.287 e. The Labute approximate surface area is 141 Å². The average molecular weight is 385 g/mol. The number of rotatable bonds is 5. The zero-order valence-corrected chi connectivity index (χ0v) is 14.4. The molecule has 0 radical (unpaired) electrons. The van der Waals surface area contributed by atoms with Gasteiger partial charge in [0.05, 0.1) is 19.3 Å². The molecule has 5 nitrogen and oxygen atoms in total. The summed E-state index contributed by atoms with van der Waals surface area (Å²) in [6, 6.07) is 7.70. The molecule has 22 heavy (non-hydrogen) atoms. The molecule has 3 rings (SSSR count). The molecule has 3 heterocycles. The quantitative estimate of drug-likeness (QED) is 0.860. The van der Waals surface area contributed by atoms with Crippen LogP contribution in [0.15, 0.2) is 38.7 Å². The molecule has 0 saturated carbocycles. The van der Waals surface area contributed by atoms with Crippen molar-refractivity contribution in [1.82, 2.24) is 10.2 Å². The van der Waals surface area contributed by atoms with Crippen molar-refractivity contribution in [3.8, 4) is 0 Å². The predicted molar refractivity (Wildman–Crippen MR) is 88.2 cm³/mol. The van der Waals surface area contributed by atoms with Crippen LogP contribution in [0.1, 0.15) is 21.5 Å². The number of nitrogens with one attached hydrogen (secondary N) is 1. The van der Waals surface area contributed by atoms with Crippen molar-refractivity contribution in [2.45, 2.75) is 6.04 Å². The van der Waals surface area contributed by atoms with Gasteiger partial charge >= 0.3 is 0 Å². The molecule has 2 aromatic heterocycles. The number of ether oxygens (including phenoxy) is 1. The summed E-state index contributed by atoms with van der Waals surface area (Å²) in [5.74, 6) is 0.124. The monoisotopic (exact) mass is 384 g/mol. The third-order valence-electron chi connectivity index (χ3n) is 3.61. The Morgan fingerprint density at radius 3 is 2.82 bits per heavy atom. The highest BCUT2D eigenvalue weighted by molar-refractivity contribution is 9.10. The first-order chi connectivity index (χ1) is 10.7. The minimum absolute atomic E-state index is 0.172. The predicted octanol–water partition coefficient (Wildman–Crippen LogP) is 2.91. The number of carbonyl (C=O) groups excluding carboxylic acids is 1. The third-order valence-corrected chi connectivity index (χ3v) is 5.01. The van der Waals surface area contributed by atoms with Gasteiger partial charge in [-0.1, -0.05) is 6.07 Å². The van der Waals surface area contributed by atoms with E-state index in [1.54, 1.807) is 23.5 Å². The average Bonchev–Trinajstić information content (AvgIpc) is 3.20. The minimum atomic E-state index is -0.194. The van der Waals surface area contributed by atoms with Gasteiger partial charge in [0.1, 0.15) is 0 Å². The van der Waals surface area contributed by atoms with Crippen LogP contribution in [-0.2, 0) is 4.74 Å². The molecule has 1 aliphatic rings. The maximum absolute atomic E-state index is 12.1. The third kappa shape index (κ3) is 3.78. The summed E-state index contributed by atoms with van der Waals surface area (Å²) in [5, 5.41) is 5.03. The van der Waals surface area contributed by atoms with Gasteiger partial charge in [-0.05, 0) is 39.5 Å². The van der Waals surface area contributed by atoms with Crippen LogP contribution in [0, 0.1) is 0 Å². The van der Waals surface area contributed by atoms with E-state index in [9.17, 15) is 4.79 Å². The van der Waals surface area contributed by atoms with Crippen LogP contribution >= 0.6 is 27.3 Å². The summed E-state index contributed by atoms with van der Waals surface area (Å²) >= 11 is 4.92. The normalized spacial score (nSPS) is 17.3. The number of nitrogens with zero attached hydrogens (tertiary/aromatic N) is 1. The van der Waals surface area contributed by atoms with E-state index >= 15 is 0 Å². The van der Waals surface area contributed by atoms with Crippen molar-refractivity contribution in [1.29, 1.82) is 0 Å². The van der Waals surface area contributed by atoms with Crippen molar-refractivity contribution in [2.24, 2.45) is 0 Å². The van der Waals surface area contributed by atoms with Crippen molar-refractivity contribution in [3.05, 3.63) is 45.0 Å². The number of thiophene rings is 1. The van der Waals surface area contributed by atoms with E-state index in [-0.39, 0.29) is 11.9 Å². The highest BCUT2D eigenvalue weighted by Gasteiger charge is 2.24. The second kappa shape index (κ2) is 7.41. The van der Waals surface area contributed by atoms with Crippen LogP contribution in [0.3, 0.4) is 0 Å². The number of hydrogen-bond acceptors (Lipinski definition) is 5. The van der Waals surface area contributed by atoms with Gasteiger partial charge in [-0.2, -0.15) is 0 Å². The fourth-order valence-electron chi connectivity index (χ4n) is 2.49. The van der Waals surface area contributed by atoms with Gasteiger partial charge in [-0.25, -0.2) is 0 Å². The van der Waals surface area contributed by atoms with Crippen molar-refractivity contribution in [2.75, 3.05) is 32.8 Å². The molecule has 1 saturated heterocycles. The molecule has 7 heteroatoms. The van der Waals surface area contributed by atoms with Crippen LogP contribution in [0.25, 0.3) is 0 Å². The number of furan rings is 1. The van der Waals surface area contributed by atoms with E-state index in [2.05, 4.69) is 37.6 Å². The van der Waals surface area contributed by atoms with Crippen LogP contribution in [0.5, 0.6) is 0 Å². The van der Waals surface area contributed by atoms with Crippen molar-refractivity contribution < 1.29 is 13.9 Å². The minimum Gasteiger partial charge on any atom is -0.444 e. The lowest BCUT2D eigenvalue weighted by molar-refractivity contribution is 0.0168. The largest absolute Gasteiger partial charge is 0.444 e. The number of carbonyl (C=O) groups is 1. The van der Waals surface area contributed by atoms with Crippen LogP contribution < -0.4 is 5.32 Å². The SMILES string of the molecule is O=C(NC[C@@H](c1cccs1)N1CCOCC1)c1ccc(Br)o1. The van der Waals surface area contributed by atoms with Gasteiger partial charge in [0.15, 0.2) is 10.4 Å². The van der Waals surface area contributed by atoms with Gasteiger partial charge in [-0.3, -0.25) is 9.69 Å². The molecule has 1 aliphatic heterocycles. The molecule has 118 valence electrons. The molecule has 0 unspecified atom stereocenters. The first-order valence-electron chi connectivity index (χ1n) is 7.13. The van der Waals surface area contributed by atoms with Crippen LogP contribution in [-0.4, -0.2) is 43.7 Å². The molecule has 2 aromatic rings. The van der Waals surface area contributed by atoms with Crippen molar-refractivity contribution in [3.63, 3.8) is 0 Å². The number of halogens is 1. The standard InChI is InChI=1S/C15H17BrN2O3S/c16-14-4-3-12(21-14)15(19)17-10-11(13-2-1-9-22-13)18-5-7-20-8-6-18/h1-4,9,11H,5-8,10H2,(H,17,19)/t11-/m0/s1. The van der Waals surface area contributed by atoms with Gasteiger partial charge < -0.3 is 14.5 Å². The summed E-state index contributed by atoms with van der Waals surface area (Å²) in [6.07, 6.45) is 0. The molecule has 0 aromatic carbocycles. The fourth-order valence-corrected chi connectivity index (χ4v) is 3.66. The smallest absolute Gasteiger partial charge is 0.287 e. The maximum atomic E-state index is 12.1. The van der Waals surface area contributed by atoms with E-state index < -0.39 is 0 Å². The first-order valence-corrected chi connectivity index (χ1v) is 8.80. The zero-order valence-electron chi connectivity index (χ0n) is 12.0. The van der Waals surface area contributed by atoms with Crippen molar-refractivity contribution >= 4 is 33.2 Å². The zero-order chi connectivity index (χ0) is 15.4. The fraction of sp³-hybridized carbons (Fsp3) is 0.400. The lowest BCUT2D eigenvalue weighted by Crippen LogP contribution is -2.43. The molecule has 0 aliphatic carbocycles. The second-order valence-corrected chi connectivity index (χ2v) is 6.75. The van der Waals surface area contributed by atoms with E-state index in [1.165, 1.54) is 4.88 Å². The Hall–Kier alpha value is -1.15. The van der Waals surface area contributed by atoms with E-state index in [4.69, 9.17) is 9.15 Å². The summed E-state index contributed by atoms with van der Waals surface area (Å²) in [4.78, 5) is 15.8. The van der Waals surface area contributed by atoms with Crippen LogP contribution in [0.2, 0.25) is 0 Å². The first kappa shape index (κ1) is 15.7. The topological polar surface area (TPSA) is 54.7 Å². The van der Waals surface area contributed by atoms with E-state index in [1.807, 2.05) is 6.07 Å². The summed E-state index contributed by atoms with van der Waals surface area (Å²) < 4.78 is 11.3. The van der Waals surface area contributed by atoms with Crippen LogP contribution in [0.4, 0.5) is 0 Å². The lowest BCUT2D eigenvalue weighted by atomic mass is 10.2. The Balaban J connectivity index is 1.66. The van der Waals surface area contributed by atoms with E-state index in [0.717, 1.165) is 26.3 Å².